The maximum atomic E-state index is 10.3. The first-order valence-electron chi connectivity index (χ1n) is 4.89. The second-order valence-corrected chi connectivity index (χ2v) is 3.62. The van der Waals surface area contributed by atoms with E-state index in [-0.39, 0.29) is 0 Å². The number of carboxylic acid groups (broad SMARTS) is 1. The fourth-order valence-corrected chi connectivity index (χ4v) is 1.36. The number of rotatable bonds is 4. The third-order valence-electron chi connectivity index (χ3n) is 2.27. The summed E-state index contributed by atoms with van der Waals surface area (Å²) in [4.78, 5) is 10.3. The third-order valence-corrected chi connectivity index (χ3v) is 2.27. The zero-order chi connectivity index (χ0) is 10.6. The molecule has 0 aromatic rings. The van der Waals surface area contributed by atoms with Gasteiger partial charge in [-0.1, -0.05) is 18.2 Å². The molecule has 1 aliphatic rings. The molecular weight excluding hydrogens is 176 g/mol. The van der Waals surface area contributed by atoms with Gasteiger partial charge >= 0.3 is 5.97 Å². The van der Waals surface area contributed by atoms with Crippen molar-refractivity contribution in [2.75, 3.05) is 0 Å². The Morgan fingerprint density at radius 3 is 2.43 bits per heavy atom. The summed E-state index contributed by atoms with van der Waals surface area (Å²) in [6.07, 6.45) is 9.74. The van der Waals surface area contributed by atoms with Crippen LogP contribution < -0.4 is 0 Å². The van der Waals surface area contributed by atoms with Gasteiger partial charge in [0, 0.05) is 6.08 Å². The van der Waals surface area contributed by atoms with E-state index in [1.807, 2.05) is 19.1 Å². The van der Waals surface area contributed by atoms with Gasteiger partial charge < -0.3 is 5.11 Å². The van der Waals surface area contributed by atoms with Crippen LogP contribution in [-0.2, 0) is 4.79 Å². The van der Waals surface area contributed by atoms with E-state index >= 15 is 0 Å². The molecule has 0 saturated heterocycles. The number of allylic oxidation sites excluding steroid dienone is 5. The fraction of sp³-hybridized carbons (Fsp3) is 0.417. The minimum atomic E-state index is -0.888. The van der Waals surface area contributed by atoms with Crippen LogP contribution in [0, 0.1) is 5.92 Å². The summed E-state index contributed by atoms with van der Waals surface area (Å²) in [5, 5.41) is 8.50. The molecular formula is C12H16O2. The second-order valence-electron chi connectivity index (χ2n) is 3.62. The van der Waals surface area contributed by atoms with Gasteiger partial charge in [0.05, 0.1) is 0 Å². The Morgan fingerprint density at radius 2 is 2.00 bits per heavy atom. The summed E-state index contributed by atoms with van der Waals surface area (Å²) in [5.41, 5.74) is 2.10. The molecule has 1 rings (SSSR count). The molecule has 0 aliphatic heterocycles. The lowest BCUT2D eigenvalue weighted by Gasteiger charge is -1.96. The molecule has 0 aromatic heterocycles. The molecule has 0 radical (unpaired) electrons. The summed E-state index contributed by atoms with van der Waals surface area (Å²) >= 11 is 0. The van der Waals surface area contributed by atoms with Crippen molar-refractivity contribution in [3.63, 3.8) is 0 Å². The lowest BCUT2D eigenvalue weighted by molar-refractivity contribution is -0.131. The van der Waals surface area contributed by atoms with E-state index in [9.17, 15) is 4.79 Å². The van der Waals surface area contributed by atoms with Gasteiger partial charge in [0.1, 0.15) is 0 Å². The average molecular weight is 192 g/mol. The minimum Gasteiger partial charge on any atom is -0.478 e. The van der Waals surface area contributed by atoms with Gasteiger partial charge in [-0.25, -0.2) is 4.79 Å². The maximum Gasteiger partial charge on any atom is 0.328 e. The predicted octanol–water partition coefficient (Wildman–Crippen LogP) is 2.93. The monoisotopic (exact) mass is 192 g/mol. The minimum absolute atomic E-state index is 0.717. The molecule has 14 heavy (non-hydrogen) atoms. The highest BCUT2D eigenvalue weighted by Crippen LogP contribution is 2.37. The Balaban J connectivity index is 2.57. The van der Waals surface area contributed by atoms with E-state index < -0.39 is 5.97 Å². The standard InChI is InChI=1S/C12H16O2/c1-3-10(11-6-7-11)5-4-9(2)8-12(13)14/h3-5,8,11H,6-7H2,1-2H3,(H,13,14)/b5-4-,9-8+,10-3+. The lowest BCUT2D eigenvalue weighted by atomic mass is 10.1. The quantitative estimate of drug-likeness (QED) is 0.549. The highest BCUT2D eigenvalue weighted by molar-refractivity contribution is 5.81. The van der Waals surface area contributed by atoms with Crippen molar-refractivity contribution in [1.29, 1.82) is 0 Å². The van der Waals surface area contributed by atoms with E-state index in [1.54, 1.807) is 6.92 Å². The van der Waals surface area contributed by atoms with Crippen molar-refractivity contribution in [2.45, 2.75) is 26.7 Å². The highest BCUT2D eigenvalue weighted by Gasteiger charge is 2.23. The Hall–Kier alpha value is -1.31. The number of carboxylic acids is 1. The van der Waals surface area contributed by atoms with Crippen LogP contribution in [0.2, 0.25) is 0 Å². The molecule has 0 amide bonds. The molecule has 76 valence electrons. The summed E-state index contributed by atoms with van der Waals surface area (Å²) in [5.74, 6) is -0.172. The molecule has 0 aromatic carbocycles. The van der Waals surface area contributed by atoms with Gasteiger partial charge in [-0.3, -0.25) is 0 Å². The molecule has 2 nitrogen and oxygen atoms in total. The van der Waals surface area contributed by atoms with Crippen molar-refractivity contribution in [1.82, 2.24) is 0 Å². The van der Waals surface area contributed by atoms with Gasteiger partial charge in [0.25, 0.3) is 0 Å². The van der Waals surface area contributed by atoms with Crippen LogP contribution in [0.5, 0.6) is 0 Å². The van der Waals surface area contributed by atoms with Crippen LogP contribution in [0.25, 0.3) is 0 Å². The normalized spacial score (nSPS) is 19.0. The molecule has 0 heterocycles. The van der Waals surface area contributed by atoms with E-state index in [0.717, 1.165) is 5.57 Å². The number of aliphatic carboxylic acids is 1. The second kappa shape index (κ2) is 4.80. The molecule has 1 saturated carbocycles. The Kier molecular flexibility index (Phi) is 3.69. The number of hydrogen-bond donors (Lipinski definition) is 1. The molecule has 0 spiro atoms. The van der Waals surface area contributed by atoms with Crippen LogP contribution in [0.15, 0.2) is 35.5 Å². The summed E-state index contributed by atoms with van der Waals surface area (Å²) in [6, 6.07) is 0. The molecule has 1 N–H and O–H groups in total. The number of hydrogen-bond acceptors (Lipinski definition) is 1. The SMILES string of the molecule is C\C=C(/C=C\C(C)=C\C(=O)O)C1CC1. The maximum absolute atomic E-state index is 10.3. The molecule has 2 heteroatoms. The van der Waals surface area contributed by atoms with E-state index in [1.165, 1.54) is 24.5 Å². The number of carbonyl (C=O) groups is 1. The fourth-order valence-electron chi connectivity index (χ4n) is 1.36. The van der Waals surface area contributed by atoms with E-state index in [0.29, 0.717) is 5.92 Å². The van der Waals surface area contributed by atoms with Gasteiger partial charge in [-0.2, -0.15) is 0 Å². The molecule has 0 bridgehead atoms. The van der Waals surface area contributed by atoms with Crippen molar-refractivity contribution in [3.8, 4) is 0 Å². The summed E-state index contributed by atoms with van der Waals surface area (Å²) < 4.78 is 0. The molecule has 1 aliphatic carbocycles. The Bertz CT molecular complexity index is 304. The summed E-state index contributed by atoms with van der Waals surface area (Å²) in [7, 11) is 0. The first-order chi connectivity index (χ1) is 6.63. The highest BCUT2D eigenvalue weighted by atomic mass is 16.4. The van der Waals surface area contributed by atoms with Crippen LogP contribution >= 0.6 is 0 Å². The van der Waals surface area contributed by atoms with Crippen LogP contribution in [-0.4, -0.2) is 11.1 Å². The third kappa shape index (κ3) is 3.60. The van der Waals surface area contributed by atoms with Gasteiger partial charge in [0.2, 0.25) is 0 Å². The van der Waals surface area contributed by atoms with Crippen molar-refractivity contribution < 1.29 is 9.90 Å². The zero-order valence-electron chi connectivity index (χ0n) is 8.66. The van der Waals surface area contributed by atoms with Crippen molar-refractivity contribution in [3.05, 3.63) is 35.5 Å². The van der Waals surface area contributed by atoms with Gasteiger partial charge in [-0.15, -0.1) is 0 Å². The van der Waals surface area contributed by atoms with Gasteiger partial charge in [-0.05, 0) is 43.8 Å². The average Bonchev–Trinajstić information content (AvgIpc) is 2.87. The van der Waals surface area contributed by atoms with E-state index in [4.69, 9.17) is 5.11 Å². The van der Waals surface area contributed by atoms with E-state index in [2.05, 4.69) is 6.08 Å². The van der Waals surface area contributed by atoms with Crippen LogP contribution in [0.4, 0.5) is 0 Å². The smallest absolute Gasteiger partial charge is 0.328 e. The molecule has 0 unspecified atom stereocenters. The first kappa shape index (κ1) is 10.8. The molecule has 0 atom stereocenters. The first-order valence-corrected chi connectivity index (χ1v) is 4.89. The van der Waals surface area contributed by atoms with Crippen molar-refractivity contribution in [2.24, 2.45) is 5.92 Å². The Morgan fingerprint density at radius 1 is 1.36 bits per heavy atom. The Labute approximate surface area is 84.6 Å². The van der Waals surface area contributed by atoms with Gasteiger partial charge in [0.15, 0.2) is 0 Å². The predicted molar refractivity (Wildman–Crippen MR) is 57.0 cm³/mol. The summed E-state index contributed by atoms with van der Waals surface area (Å²) in [6.45, 7) is 3.82. The van der Waals surface area contributed by atoms with Crippen LogP contribution in [0.3, 0.4) is 0 Å². The lowest BCUT2D eigenvalue weighted by Crippen LogP contribution is -1.88. The largest absolute Gasteiger partial charge is 0.478 e. The topological polar surface area (TPSA) is 37.3 Å². The molecule has 1 fully saturated rings. The van der Waals surface area contributed by atoms with Crippen LogP contribution in [0.1, 0.15) is 26.7 Å². The van der Waals surface area contributed by atoms with Crippen molar-refractivity contribution >= 4 is 5.97 Å². The zero-order valence-corrected chi connectivity index (χ0v) is 8.66.